The molecule has 0 amide bonds. The van der Waals surface area contributed by atoms with E-state index in [1.54, 1.807) is 18.2 Å². The van der Waals surface area contributed by atoms with Gasteiger partial charge in [-0.05, 0) is 30.7 Å². The Morgan fingerprint density at radius 2 is 2.00 bits per heavy atom. The summed E-state index contributed by atoms with van der Waals surface area (Å²) < 4.78 is 19.3. The van der Waals surface area contributed by atoms with Gasteiger partial charge in [-0.3, -0.25) is 0 Å². The average Bonchev–Trinajstić information content (AvgIpc) is 2.48. The predicted octanol–water partition coefficient (Wildman–Crippen LogP) is 4.69. The zero-order chi connectivity index (χ0) is 15.1. The Labute approximate surface area is 129 Å². The molecule has 2 rings (SSSR count). The first-order valence-corrected chi connectivity index (χ1v) is 7.26. The maximum Gasteiger partial charge on any atom is 0.135 e. The Hall–Kier alpha value is -1.98. The molecule has 3 heteroatoms. The summed E-state index contributed by atoms with van der Waals surface area (Å²) in [7, 11) is 0. The molecule has 0 radical (unpaired) electrons. The van der Waals surface area contributed by atoms with Crippen molar-refractivity contribution in [1.29, 1.82) is 0 Å². The van der Waals surface area contributed by atoms with Crippen LogP contribution in [0.4, 0.5) is 4.39 Å². The largest absolute Gasteiger partial charge is 0.487 e. The summed E-state index contributed by atoms with van der Waals surface area (Å²) in [5, 5.41) is 0. The van der Waals surface area contributed by atoms with E-state index in [1.807, 2.05) is 25.1 Å². The van der Waals surface area contributed by atoms with E-state index in [0.717, 1.165) is 11.1 Å². The zero-order valence-corrected chi connectivity index (χ0v) is 12.6. The summed E-state index contributed by atoms with van der Waals surface area (Å²) in [4.78, 5) is 0. The van der Waals surface area contributed by atoms with E-state index in [9.17, 15) is 4.39 Å². The first kappa shape index (κ1) is 15.4. The molecule has 0 heterocycles. The second kappa shape index (κ2) is 7.71. The molecule has 2 aromatic carbocycles. The van der Waals surface area contributed by atoms with E-state index in [-0.39, 0.29) is 12.4 Å². The SMILES string of the molecule is Cc1ccc(OCc2ccccc2F)c(C#CCCCl)c1. The number of alkyl halides is 1. The van der Waals surface area contributed by atoms with Crippen LogP contribution in [0.5, 0.6) is 5.75 Å². The Bertz CT molecular complexity index is 670. The second-order valence-corrected chi connectivity index (χ2v) is 5.00. The fraction of sp³-hybridized carbons (Fsp3) is 0.222. The Morgan fingerprint density at radius 3 is 2.76 bits per heavy atom. The molecule has 1 nitrogen and oxygen atoms in total. The van der Waals surface area contributed by atoms with Crippen LogP contribution >= 0.6 is 11.6 Å². The summed E-state index contributed by atoms with van der Waals surface area (Å²) in [6, 6.07) is 12.4. The van der Waals surface area contributed by atoms with E-state index in [0.29, 0.717) is 23.6 Å². The minimum Gasteiger partial charge on any atom is -0.487 e. The molecule has 0 fully saturated rings. The zero-order valence-electron chi connectivity index (χ0n) is 11.8. The van der Waals surface area contributed by atoms with Crippen LogP contribution < -0.4 is 4.74 Å². The number of aryl methyl sites for hydroxylation is 1. The molecular weight excluding hydrogens is 287 g/mol. The molecular formula is C18H16ClFO. The number of halogens is 2. The molecule has 0 aliphatic heterocycles. The van der Waals surface area contributed by atoms with Crippen LogP contribution in [0.2, 0.25) is 0 Å². The van der Waals surface area contributed by atoms with Gasteiger partial charge in [0.05, 0.1) is 5.56 Å². The normalized spacial score (nSPS) is 9.86. The van der Waals surface area contributed by atoms with E-state index in [2.05, 4.69) is 11.8 Å². The van der Waals surface area contributed by atoms with Gasteiger partial charge in [0.25, 0.3) is 0 Å². The highest BCUT2D eigenvalue weighted by Gasteiger charge is 2.05. The molecule has 0 aliphatic rings. The van der Waals surface area contributed by atoms with Gasteiger partial charge < -0.3 is 4.74 Å². The Morgan fingerprint density at radius 1 is 1.19 bits per heavy atom. The summed E-state index contributed by atoms with van der Waals surface area (Å²) in [6.07, 6.45) is 0.627. The van der Waals surface area contributed by atoms with E-state index < -0.39 is 0 Å². The van der Waals surface area contributed by atoms with Crippen LogP contribution in [0.3, 0.4) is 0 Å². The lowest BCUT2D eigenvalue weighted by Crippen LogP contribution is -2.00. The topological polar surface area (TPSA) is 9.23 Å². The fourth-order valence-electron chi connectivity index (χ4n) is 1.84. The van der Waals surface area contributed by atoms with Gasteiger partial charge in [0.2, 0.25) is 0 Å². The first-order chi connectivity index (χ1) is 10.2. The van der Waals surface area contributed by atoms with E-state index in [1.165, 1.54) is 6.07 Å². The van der Waals surface area contributed by atoms with Crippen molar-refractivity contribution < 1.29 is 9.13 Å². The lowest BCUT2D eigenvalue weighted by molar-refractivity contribution is 0.299. The highest BCUT2D eigenvalue weighted by Crippen LogP contribution is 2.21. The molecule has 0 saturated heterocycles. The Balaban J connectivity index is 2.16. The average molecular weight is 303 g/mol. The molecule has 0 bridgehead atoms. The van der Waals surface area contributed by atoms with Crippen molar-refractivity contribution in [3.8, 4) is 17.6 Å². The van der Waals surface area contributed by atoms with Crippen molar-refractivity contribution in [3.05, 3.63) is 65.0 Å². The third kappa shape index (κ3) is 4.51. The molecule has 2 aromatic rings. The smallest absolute Gasteiger partial charge is 0.135 e. The van der Waals surface area contributed by atoms with Crippen molar-refractivity contribution in [2.75, 3.05) is 5.88 Å². The number of hydrogen-bond donors (Lipinski definition) is 0. The van der Waals surface area contributed by atoms with Crippen LogP contribution in [0.25, 0.3) is 0 Å². The lowest BCUT2D eigenvalue weighted by atomic mass is 10.1. The fourth-order valence-corrected chi connectivity index (χ4v) is 1.94. The van der Waals surface area contributed by atoms with Crippen molar-refractivity contribution in [1.82, 2.24) is 0 Å². The van der Waals surface area contributed by atoms with Gasteiger partial charge in [-0.1, -0.05) is 36.1 Å². The lowest BCUT2D eigenvalue weighted by Gasteiger charge is -2.09. The van der Waals surface area contributed by atoms with Gasteiger partial charge >= 0.3 is 0 Å². The summed E-state index contributed by atoms with van der Waals surface area (Å²) >= 11 is 5.62. The molecule has 0 unspecified atom stereocenters. The maximum atomic E-state index is 13.6. The van der Waals surface area contributed by atoms with Gasteiger partial charge in [0.15, 0.2) is 0 Å². The van der Waals surface area contributed by atoms with Gasteiger partial charge in [-0.2, -0.15) is 0 Å². The molecule has 0 atom stereocenters. The van der Waals surface area contributed by atoms with Gasteiger partial charge in [-0.25, -0.2) is 4.39 Å². The highest BCUT2D eigenvalue weighted by molar-refractivity contribution is 6.18. The number of benzene rings is 2. The van der Waals surface area contributed by atoms with Crippen molar-refractivity contribution >= 4 is 11.6 Å². The molecule has 0 spiro atoms. The second-order valence-electron chi connectivity index (χ2n) is 4.62. The molecule has 108 valence electrons. The third-order valence-corrected chi connectivity index (χ3v) is 3.11. The molecule has 0 aliphatic carbocycles. The number of hydrogen-bond acceptors (Lipinski definition) is 1. The maximum absolute atomic E-state index is 13.6. The number of ether oxygens (including phenoxy) is 1. The minimum absolute atomic E-state index is 0.180. The molecule has 0 saturated carbocycles. The van der Waals surface area contributed by atoms with Crippen molar-refractivity contribution in [2.45, 2.75) is 20.0 Å². The van der Waals surface area contributed by atoms with Crippen LogP contribution in [-0.2, 0) is 6.61 Å². The van der Waals surface area contributed by atoms with Gasteiger partial charge in [0, 0.05) is 17.9 Å². The van der Waals surface area contributed by atoms with E-state index in [4.69, 9.17) is 16.3 Å². The molecule has 0 aromatic heterocycles. The van der Waals surface area contributed by atoms with Crippen LogP contribution in [0.15, 0.2) is 42.5 Å². The minimum atomic E-state index is -0.264. The summed E-state index contributed by atoms with van der Waals surface area (Å²) in [5.41, 5.74) is 2.43. The highest BCUT2D eigenvalue weighted by atomic mass is 35.5. The summed E-state index contributed by atoms with van der Waals surface area (Å²) in [6.45, 7) is 2.17. The summed E-state index contributed by atoms with van der Waals surface area (Å²) in [5.74, 6) is 6.94. The standard InChI is InChI=1S/C18H16ClFO/c1-14-9-10-18(15(12-14)6-4-5-11-19)21-13-16-7-2-3-8-17(16)20/h2-3,7-10,12H,5,11,13H2,1H3. The quantitative estimate of drug-likeness (QED) is 0.588. The van der Waals surface area contributed by atoms with Gasteiger partial charge in [-0.15, -0.1) is 11.6 Å². The van der Waals surface area contributed by atoms with Crippen molar-refractivity contribution in [2.24, 2.45) is 0 Å². The van der Waals surface area contributed by atoms with Crippen molar-refractivity contribution in [3.63, 3.8) is 0 Å². The molecule has 21 heavy (non-hydrogen) atoms. The first-order valence-electron chi connectivity index (χ1n) is 6.72. The molecule has 0 N–H and O–H groups in total. The Kier molecular flexibility index (Phi) is 5.66. The van der Waals surface area contributed by atoms with Crippen LogP contribution in [0.1, 0.15) is 23.1 Å². The number of rotatable bonds is 4. The van der Waals surface area contributed by atoms with Gasteiger partial charge in [0.1, 0.15) is 18.2 Å². The van der Waals surface area contributed by atoms with Crippen LogP contribution in [0, 0.1) is 24.6 Å². The predicted molar refractivity (Wildman–Crippen MR) is 84.1 cm³/mol. The monoisotopic (exact) mass is 302 g/mol. The van der Waals surface area contributed by atoms with Crippen LogP contribution in [-0.4, -0.2) is 5.88 Å². The third-order valence-electron chi connectivity index (χ3n) is 2.92. The van der Waals surface area contributed by atoms with E-state index >= 15 is 0 Å².